The van der Waals surface area contributed by atoms with Crippen molar-refractivity contribution in [2.24, 2.45) is 0 Å². The van der Waals surface area contributed by atoms with Crippen LogP contribution in [0.1, 0.15) is 35.7 Å². The van der Waals surface area contributed by atoms with Crippen LogP contribution in [0.3, 0.4) is 0 Å². The molecule has 0 bridgehead atoms. The van der Waals surface area contributed by atoms with E-state index in [1.807, 2.05) is 24.3 Å². The van der Waals surface area contributed by atoms with Crippen molar-refractivity contribution in [2.75, 3.05) is 15.5 Å². The lowest BCUT2D eigenvalue weighted by atomic mass is 10.0. The predicted octanol–water partition coefficient (Wildman–Crippen LogP) is 7.46. The second kappa shape index (κ2) is 10.5. The quantitative estimate of drug-likeness (QED) is 0.241. The number of carbonyl (C=O) groups excluding carboxylic acids is 3. The lowest BCUT2D eigenvalue weighted by molar-refractivity contribution is -0.120. The maximum absolute atomic E-state index is 13.0. The lowest BCUT2D eigenvalue weighted by Gasteiger charge is -2.17. The van der Waals surface area contributed by atoms with Gasteiger partial charge in [0.05, 0.1) is 20.8 Å². The van der Waals surface area contributed by atoms with E-state index in [4.69, 9.17) is 46.4 Å². The summed E-state index contributed by atoms with van der Waals surface area (Å²) in [6, 6.07) is 16.7. The van der Waals surface area contributed by atoms with Crippen molar-refractivity contribution in [3.05, 3.63) is 97.6 Å². The Morgan fingerprint density at radius 1 is 0.778 bits per heavy atom. The van der Waals surface area contributed by atoms with Gasteiger partial charge in [0.2, 0.25) is 0 Å². The molecule has 4 rings (SSSR count). The van der Waals surface area contributed by atoms with Crippen LogP contribution in [0.2, 0.25) is 15.1 Å². The smallest absolute Gasteiger partial charge is 0.283 e. The zero-order chi connectivity index (χ0) is 26.1. The minimum absolute atomic E-state index is 0.0597. The first kappa shape index (κ1) is 26.0. The van der Waals surface area contributed by atoms with E-state index in [-0.39, 0.29) is 37.4 Å². The van der Waals surface area contributed by atoms with E-state index in [2.05, 4.69) is 24.5 Å². The normalized spacial score (nSPS) is 13.6. The Hall–Kier alpha value is -3.03. The van der Waals surface area contributed by atoms with Crippen molar-refractivity contribution in [2.45, 2.75) is 19.8 Å². The zero-order valence-corrected chi connectivity index (χ0v) is 22.1. The number of hydrogen-bond acceptors (Lipinski definition) is 4. The molecule has 0 spiro atoms. The van der Waals surface area contributed by atoms with Crippen LogP contribution < -0.4 is 15.5 Å². The molecule has 3 aromatic rings. The molecule has 1 heterocycles. The average Bonchev–Trinajstić information content (AvgIpc) is 3.05. The van der Waals surface area contributed by atoms with Crippen molar-refractivity contribution < 1.29 is 14.4 Å². The van der Waals surface area contributed by atoms with Crippen LogP contribution in [0.25, 0.3) is 0 Å². The summed E-state index contributed by atoms with van der Waals surface area (Å²) >= 11 is 24.4. The molecule has 10 heteroatoms. The molecule has 0 unspecified atom stereocenters. The fourth-order valence-corrected chi connectivity index (χ4v) is 4.36. The van der Waals surface area contributed by atoms with E-state index in [0.717, 1.165) is 4.90 Å². The minimum Gasteiger partial charge on any atom is -0.350 e. The molecule has 3 aromatic carbocycles. The standard InChI is InChI=1S/C26H19Cl4N3O3/c1-13(2)14-3-7-17(8-4-14)32-24(34)15-5-9-16(10-6-15)31-23-22(30)25(35)33(26(23)36)21-12-19(28)18(27)11-20(21)29/h3-13,31H,1-2H3,(H,32,34). The number of rotatable bonds is 6. The van der Waals surface area contributed by atoms with Crippen molar-refractivity contribution in [3.63, 3.8) is 0 Å². The van der Waals surface area contributed by atoms with Gasteiger partial charge in [-0.25, -0.2) is 4.90 Å². The van der Waals surface area contributed by atoms with Crippen molar-refractivity contribution >= 4 is 81.2 Å². The van der Waals surface area contributed by atoms with E-state index >= 15 is 0 Å². The van der Waals surface area contributed by atoms with Gasteiger partial charge in [0.15, 0.2) is 0 Å². The maximum Gasteiger partial charge on any atom is 0.283 e. The first-order valence-electron chi connectivity index (χ1n) is 10.8. The van der Waals surface area contributed by atoms with Crippen LogP contribution in [0.4, 0.5) is 17.1 Å². The first-order valence-corrected chi connectivity index (χ1v) is 12.3. The molecule has 0 atom stereocenters. The van der Waals surface area contributed by atoms with Gasteiger partial charge in [-0.05, 0) is 60.0 Å². The summed E-state index contributed by atoms with van der Waals surface area (Å²) in [7, 11) is 0. The van der Waals surface area contributed by atoms with Gasteiger partial charge in [-0.3, -0.25) is 14.4 Å². The molecule has 0 fully saturated rings. The third-order valence-electron chi connectivity index (χ3n) is 5.51. The number of anilines is 3. The summed E-state index contributed by atoms with van der Waals surface area (Å²) in [4.78, 5) is 39.2. The summed E-state index contributed by atoms with van der Waals surface area (Å²) in [5, 5.41) is 5.75. The van der Waals surface area contributed by atoms with Crippen LogP contribution in [0, 0.1) is 0 Å². The summed E-state index contributed by atoms with van der Waals surface area (Å²) in [6.07, 6.45) is 0. The molecule has 3 amide bonds. The highest BCUT2D eigenvalue weighted by Crippen LogP contribution is 2.38. The Labute approximate surface area is 227 Å². The monoisotopic (exact) mass is 561 g/mol. The number of nitrogens with zero attached hydrogens (tertiary/aromatic N) is 1. The van der Waals surface area contributed by atoms with E-state index in [9.17, 15) is 14.4 Å². The lowest BCUT2D eigenvalue weighted by Crippen LogP contribution is -2.32. The molecule has 0 saturated carbocycles. The minimum atomic E-state index is -0.760. The van der Waals surface area contributed by atoms with Gasteiger partial charge in [0, 0.05) is 16.9 Å². The number of carbonyl (C=O) groups is 3. The Balaban J connectivity index is 1.48. The molecule has 36 heavy (non-hydrogen) atoms. The van der Waals surface area contributed by atoms with Gasteiger partial charge in [-0.2, -0.15) is 0 Å². The summed E-state index contributed by atoms with van der Waals surface area (Å²) in [5.74, 6) is -1.36. The number of halogens is 4. The molecule has 0 aromatic heterocycles. The number of hydrogen-bond donors (Lipinski definition) is 2. The van der Waals surface area contributed by atoms with Gasteiger partial charge in [-0.1, -0.05) is 72.4 Å². The van der Waals surface area contributed by atoms with E-state index in [1.165, 1.54) is 17.7 Å². The average molecular weight is 563 g/mol. The van der Waals surface area contributed by atoms with E-state index in [0.29, 0.717) is 22.9 Å². The van der Waals surface area contributed by atoms with Gasteiger partial charge in [-0.15, -0.1) is 0 Å². The Morgan fingerprint density at radius 3 is 1.97 bits per heavy atom. The van der Waals surface area contributed by atoms with E-state index in [1.54, 1.807) is 24.3 Å². The molecule has 0 radical (unpaired) electrons. The zero-order valence-electron chi connectivity index (χ0n) is 19.0. The van der Waals surface area contributed by atoms with Crippen molar-refractivity contribution in [3.8, 4) is 0 Å². The highest BCUT2D eigenvalue weighted by atomic mass is 35.5. The maximum atomic E-state index is 13.0. The summed E-state index contributed by atoms with van der Waals surface area (Å²) in [5.41, 5.74) is 2.64. The Bertz CT molecular complexity index is 1400. The number of benzene rings is 3. The van der Waals surface area contributed by atoms with Crippen LogP contribution in [0.15, 0.2) is 71.4 Å². The third-order valence-corrected chi connectivity index (χ3v) is 6.89. The number of imide groups is 1. The number of nitrogens with one attached hydrogen (secondary N) is 2. The van der Waals surface area contributed by atoms with Crippen molar-refractivity contribution in [1.29, 1.82) is 0 Å². The van der Waals surface area contributed by atoms with Crippen LogP contribution in [0.5, 0.6) is 0 Å². The largest absolute Gasteiger partial charge is 0.350 e. The van der Waals surface area contributed by atoms with Crippen LogP contribution in [-0.2, 0) is 9.59 Å². The molecule has 6 nitrogen and oxygen atoms in total. The van der Waals surface area contributed by atoms with E-state index < -0.39 is 11.8 Å². The Kier molecular flexibility index (Phi) is 7.62. The van der Waals surface area contributed by atoms with Crippen molar-refractivity contribution in [1.82, 2.24) is 0 Å². The molecular formula is C26H19Cl4N3O3. The molecule has 2 N–H and O–H groups in total. The third kappa shape index (κ3) is 5.22. The highest BCUT2D eigenvalue weighted by molar-refractivity contribution is 6.54. The molecule has 0 saturated heterocycles. The molecule has 0 aliphatic carbocycles. The van der Waals surface area contributed by atoms with Crippen LogP contribution >= 0.6 is 46.4 Å². The fraction of sp³-hybridized carbons (Fsp3) is 0.115. The summed E-state index contributed by atoms with van der Waals surface area (Å²) < 4.78 is 0. The second-order valence-electron chi connectivity index (χ2n) is 8.29. The topological polar surface area (TPSA) is 78.5 Å². The van der Waals surface area contributed by atoms with Gasteiger partial charge < -0.3 is 10.6 Å². The summed E-state index contributed by atoms with van der Waals surface area (Å²) in [6.45, 7) is 4.20. The SMILES string of the molecule is CC(C)c1ccc(NC(=O)c2ccc(NC3=C(Cl)C(=O)N(c4cc(Cl)c(Cl)cc4Cl)C3=O)cc2)cc1. The Morgan fingerprint density at radius 2 is 1.36 bits per heavy atom. The fourth-order valence-electron chi connectivity index (χ4n) is 3.52. The van der Waals surface area contributed by atoms with Gasteiger partial charge >= 0.3 is 0 Å². The number of amides is 3. The first-order chi connectivity index (χ1) is 17.1. The molecular weight excluding hydrogens is 544 g/mol. The van der Waals surface area contributed by atoms with Crippen LogP contribution in [-0.4, -0.2) is 17.7 Å². The van der Waals surface area contributed by atoms with Gasteiger partial charge in [0.25, 0.3) is 17.7 Å². The van der Waals surface area contributed by atoms with Gasteiger partial charge in [0.1, 0.15) is 10.7 Å². The second-order valence-corrected chi connectivity index (χ2v) is 9.89. The molecule has 1 aliphatic rings. The molecule has 184 valence electrons. The predicted molar refractivity (Wildman–Crippen MR) is 145 cm³/mol. The molecule has 1 aliphatic heterocycles. The highest BCUT2D eigenvalue weighted by Gasteiger charge is 2.40.